The number of carbonyl (C=O) groups excluding carboxylic acids is 1. The third-order valence-corrected chi connectivity index (χ3v) is 7.77. The molecule has 2 aromatic rings. The van der Waals surface area contributed by atoms with E-state index < -0.39 is 0 Å². The molecule has 3 fully saturated rings. The van der Waals surface area contributed by atoms with E-state index in [0.717, 1.165) is 61.9 Å². The van der Waals surface area contributed by atoms with Gasteiger partial charge in [-0.3, -0.25) is 0 Å². The number of nitrogens with one attached hydrogen (secondary N) is 3. The van der Waals surface area contributed by atoms with Crippen LogP contribution in [0.15, 0.2) is 6.33 Å². The number of hydrogen-bond acceptors (Lipinski definition) is 9. The predicted molar refractivity (Wildman–Crippen MR) is 154 cm³/mol. The summed E-state index contributed by atoms with van der Waals surface area (Å²) in [7, 11) is 0. The SMILES string of the molecule is CCCNC(=O)ON1CCC(Nc2nc(N[C@H]3CC[C@H](N)CC3)nc3c2ncn3C2CCCC2)CC1.Cl.Cl. The van der Waals surface area contributed by atoms with Crippen molar-refractivity contribution in [1.82, 2.24) is 29.9 Å². The van der Waals surface area contributed by atoms with E-state index >= 15 is 0 Å². The summed E-state index contributed by atoms with van der Waals surface area (Å²) >= 11 is 0. The minimum absolute atomic E-state index is 0. The molecular formula is C25H43Cl2N9O2. The van der Waals surface area contributed by atoms with Gasteiger partial charge in [-0.1, -0.05) is 19.8 Å². The van der Waals surface area contributed by atoms with Gasteiger partial charge in [0.1, 0.15) is 0 Å². The number of fused-ring (bicyclic) bond motifs is 1. The maximum absolute atomic E-state index is 11.9. The van der Waals surface area contributed by atoms with Gasteiger partial charge in [-0.05, 0) is 57.8 Å². The van der Waals surface area contributed by atoms with Crippen molar-refractivity contribution in [3.63, 3.8) is 0 Å². The Morgan fingerprint density at radius 1 is 1.00 bits per heavy atom. The number of halogens is 2. The van der Waals surface area contributed by atoms with Crippen molar-refractivity contribution < 1.29 is 9.63 Å². The minimum Gasteiger partial charge on any atom is -0.365 e. The lowest BCUT2D eigenvalue weighted by atomic mass is 9.92. The molecule has 13 heteroatoms. The molecule has 0 aromatic carbocycles. The molecule has 2 aliphatic carbocycles. The number of piperidine rings is 1. The first-order valence-electron chi connectivity index (χ1n) is 13.8. The number of imidazole rings is 1. The molecule has 1 saturated heterocycles. The fourth-order valence-electron chi connectivity index (χ4n) is 5.64. The summed E-state index contributed by atoms with van der Waals surface area (Å²) in [5.74, 6) is 1.45. The molecule has 2 saturated carbocycles. The largest absolute Gasteiger partial charge is 0.426 e. The van der Waals surface area contributed by atoms with Crippen LogP contribution in [0.5, 0.6) is 0 Å². The van der Waals surface area contributed by atoms with Crippen molar-refractivity contribution in [3.8, 4) is 0 Å². The molecule has 0 unspecified atom stereocenters. The zero-order valence-corrected chi connectivity index (χ0v) is 23.9. The van der Waals surface area contributed by atoms with Crippen LogP contribution in [0.1, 0.15) is 83.6 Å². The Morgan fingerprint density at radius 2 is 1.68 bits per heavy atom. The number of nitrogens with two attached hydrogens (primary N) is 1. The topological polar surface area (TPSA) is 135 Å². The molecule has 5 rings (SSSR count). The Balaban J connectivity index is 0.00000200. The molecule has 0 radical (unpaired) electrons. The van der Waals surface area contributed by atoms with Gasteiger partial charge in [0.25, 0.3) is 0 Å². The van der Waals surface area contributed by atoms with Crippen LogP contribution in [0.4, 0.5) is 16.6 Å². The van der Waals surface area contributed by atoms with Gasteiger partial charge in [0.2, 0.25) is 5.95 Å². The number of aromatic nitrogens is 4. The van der Waals surface area contributed by atoms with Crippen molar-refractivity contribution in [1.29, 1.82) is 0 Å². The highest BCUT2D eigenvalue weighted by atomic mass is 35.5. The van der Waals surface area contributed by atoms with Crippen LogP contribution in [-0.2, 0) is 4.84 Å². The van der Waals surface area contributed by atoms with Gasteiger partial charge in [0.05, 0.1) is 6.33 Å². The summed E-state index contributed by atoms with van der Waals surface area (Å²) in [6.07, 6.45) is 13.1. The summed E-state index contributed by atoms with van der Waals surface area (Å²) in [6, 6.07) is 1.33. The van der Waals surface area contributed by atoms with E-state index in [4.69, 9.17) is 25.5 Å². The Hall–Kier alpha value is -2.08. The van der Waals surface area contributed by atoms with E-state index in [1.807, 2.05) is 13.3 Å². The smallest absolute Gasteiger partial charge is 0.365 e. The molecule has 1 aliphatic heterocycles. The molecule has 5 N–H and O–H groups in total. The van der Waals surface area contributed by atoms with Crippen LogP contribution in [0.3, 0.4) is 0 Å². The van der Waals surface area contributed by atoms with Gasteiger partial charge in [0.15, 0.2) is 17.0 Å². The van der Waals surface area contributed by atoms with Gasteiger partial charge in [-0.15, -0.1) is 29.9 Å². The maximum Gasteiger partial charge on any atom is 0.426 e. The first-order chi connectivity index (χ1) is 17.6. The van der Waals surface area contributed by atoms with E-state index in [0.29, 0.717) is 43.7 Å². The van der Waals surface area contributed by atoms with E-state index in [-0.39, 0.29) is 36.9 Å². The molecule has 2 aromatic heterocycles. The zero-order chi connectivity index (χ0) is 24.9. The van der Waals surface area contributed by atoms with Gasteiger partial charge in [-0.25, -0.2) is 9.78 Å². The highest BCUT2D eigenvalue weighted by Crippen LogP contribution is 2.33. The third kappa shape index (κ3) is 7.52. The van der Waals surface area contributed by atoms with Gasteiger partial charge >= 0.3 is 6.09 Å². The summed E-state index contributed by atoms with van der Waals surface area (Å²) in [5, 5.41) is 11.7. The normalized spacial score (nSPS) is 22.9. The lowest BCUT2D eigenvalue weighted by Gasteiger charge is -2.31. The average Bonchev–Trinajstić information content (AvgIpc) is 3.55. The molecule has 0 bridgehead atoms. The predicted octanol–water partition coefficient (Wildman–Crippen LogP) is 4.39. The molecule has 11 nitrogen and oxygen atoms in total. The number of amides is 1. The number of rotatable bonds is 8. The second-order valence-electron chi connectivity index (χ2n) is 10.6. The fourth-order valence-corrected chi connectivity index (χ4v) is 5.64. The molecule has 214 valence electrons. The Bertz CT molecular complexity index is 1020. The number of hydroxylamine groups is 2. The van der Waals surface area contributed by atoms with Crippen LogP contribution < -0.4 is 21.7 Å². The van der Waals surface area contributed by atoms with Gasteiger partial charge < -0.3 is 31.1 Å². The van der Waals surface area contributed by atoms with Crippen LogP contribution in [0, 0.1) is 0 Å². The molecule has 38 heavy (non-hydrogen) atoms. The van der Waals surface area contributed by atoms with Gasteiger partial charge in [0, 0.05) is 43.8 Å². The van der Waals surface area contributed by atoms with E-state index in [1.165, 1.54) is 25.7 Å². The molecule has 0 atom stereocenters. The van der Waals surface area contributed by atoms with Crippen molar-refractivity contribution in [2.45, 2.75) is 102 Å². The van der Waals surface area contributed by atoms with Gasteiger partial charge in [-0.2, -0.15) is 9.97 Å². The average molecular weight is 573 g/mol. The highest BCUT2D eigenvalue weighted by molar-refractivity contribution is 5.86. The minimum atomic E-state index is -0.377. The van der Waals surface area contributed by atoms with Crippen LogP contribution >= 0.6 is 24.8 Å². The number of nitrogens with zero attached hydrogens (tertiary/aromatic N) is 5. The Kier molecular flexibility index (Phi) is 11.5. The van der Waals surface area contributed by atoms with Crippen LogP contribution in [0.2, 0.25) is 0 Å². The van der Waals surface area contributed by atoms with Crippen molar-refractivity contribution in [2.75, 3.05) is 30.3 Å². The molecule has 1 amide bonds. The first kappa shape index (κ1) is 30.5. The molecule has 3 aliphatic rings. The quantitative estimate of drug-likeness (QED) is 0.363. The van der Waals surface area contributed by atoms with Crippen molar-refractivity contribution in [3.05, 3.63) is 6.33 Å². The third-order valence-electron chi connectivity index (χ3n) is 7.77. The lowest BCUT2D eigenvalue weighted by Crippen LogP contribution is -2.42. The number of carbonyl (C=O) groups is 1. The Morgan fingerprint density at radius 3 is 2.37 bits per heavy atom. The summed E-state index contributed by atoms with van der Waals surface area (Å²) < 4.78 is 2.25. The first-order valence-corrected chi connectivity index (χ1v) is 13.8. The van der Waals surface area contributed by atoms with E-state index in [9.17, 15) is 4.79 Å². The molecule has 3 heterocycles. The second kappa shape index (κ2) is 14.3. The highest BCUT2D eigenvalue weighted by Gasteiger charge is 2.26. The van der Waals surface area contributed by atoms with Crippen LogP contribution in [-0.4, -0.2) is 68.4 Å². The number of hydrogen-bond donors (Lipinski definition) is 4. The number of anilines is 2. The van der Waals surface area contributed by atoms with Crippen molar-refractivity contribution in [2.24, 2.45) is 5.73 Å². The van der Waals surface area contributed by atoms with E-state index in [2.05, 4.69) is 20.5 Å². The Labute approximate surface area is 237 Å². The maximum atomic E-state index is 11.9. The standard InChI is InChI=1S/C25H41N9O2.2ClH/c1-2-13-27-25(35)36-33-14-11-19(12-15-33)29-22-21-23(34(16-28-21)20-5-3-4-6-20)32-24(31-22)30-18-9-7-17(26)8-10-18;;/h16-20H,2-15,26H2,1H3,(H,27,35)(H2,29,30,31,32);2*1H/t17-,18-;;. The molecule has 0 spiro atoms. The summed E-state index contributed by atoms with van der Waals surface area (Å²) in [4.78, 5) is 31.9. The molecular weight excluding hydrogens is 529 g/mol. The monoisotopic (exact) mass is 571 g/mol. The summed E-state index contributed by atoms with van der Waals surface area (Å²) in [5.41, 5.74) is 7.85. The zero-order valence-electron chi connectivity index (χ0n) is 22.2. The van der Waals surface area contributed by atoms with Crippen LogP contribution in [0.25, 0.3) is 11.2 Å². The lowest BCUT2D eigenvalue weighted by molar-refractivity contribution is -0.112. The second-order valence-corrected chi connectivity index (χ2v) is 10.6. The summed E-state index contributed by atoms with van der Waals surface area (Å²) in [6.45, 7) is 3.99. The fraction of sp³-hybridized carbons (Fsp3) is 0.760. The van der Waals surface area contributed by atoms with Crippen molar-refractivity contribution >= 4 is 53.8 Å². The van der Waals surface area contributed by atoms with E-state index in [1.54, 1.807) is 5.06 Å².